The van der Waals surface area contributed by atoms with E-state index in [1.807, 2.05) is 36.4 Å². The van der Waals surface area contributed by atoms with Gasteiger partial charge in [-0.2, -0.15) is 0 Å². The van der Waals surface area contributed by atoms with E-state index in [0.717, 1.165) is 11.8 Å². The Labute approximate surface area is 124 Å². The van der Waals surface area contributed by atoms with Crippen molar-refractivity contribution in [2.45, 2.75) is 6.54 Å². The molecule has 0 fully saturated rings. The molecule has 21 heavy (non-hydrogen) atoms. The predicted molar refractivity (Wildman–Crippen MR) is 81.2 cm³/mol. The molecule has 5 nitrogen and oxygen atoms in total. The molecule has 2 aromatic rings. The normalized spacial score (nSPS) is 11.1. The van der Waals surface area contributed by atoms with Crippen LogP contribution in [0.1, 0.15) is 5.56 Å². The zero-order valence-corrected chi connectivity index (χ0v) is 12.7. The fourth-order valence-electron chi connectivity index (χ4n) is 1.72. The van der Waals surface area contributed by atoms with Gasteiger partial charge in [0.25, 0.3) is 0 Å². The van der Waals surface area contributed by atoms with Crippen LogP contribution in [0.2, 0.25) is 0 Å². The van der Waals surface area contributed by atoms with Gasteiger partial charge in [-0.15, -0.1) is 0 Å². The molecule has 6 heteroatoms. The van der Waals surface area contributed by atoms with Gasteiger partial charge in [0.05, 0.1) is 13.4 Å². The third-order valence-electron chi connectivity index (χ3n) is 2.76. The molecule has 0 spiro atoms. The molecule has 0 amide bonds. The second-order valence-corrected chi connectivity index (χ2v) is 6.32. The molecule has 0 saturated heterocycles. The third kappa shape index (κ3) is 4.77. The Hall–Kier alpha value is -2.05. The first kappa shape index (κ1) is 15.3. The molecule has 2 rings (SSSR count). The lowest BCUT2D eigenvalue weighted by Gasteiger charge is -2.10. The average molecular weight is 307 g/mol. The molecule has 2 aromatic carbocycles. The van der Waals surface area contributed by atoms with Gasteiger partial charge >= 0.3 is 0 Å². The van der Waals surface area contributed by atoms with E-state index in [1.54, 1.807) is 19.2 Å². The van der Waals surface area contributed by atoms with Gasteiger partial charge in [0.2, 0.25) is 10.0 Å². The van der Waals surface area contributed by atoms with Crippen molar-refractivity contribution in [3.8, 4) is 17.2 Å². The number of methoxy groups -OCH3 is 1. The van der Waals surface area contributed by atoms with Crippen molar-refractivity contribution in [1.29, 1.82) is 0 Å². The maximum atomic E-state index is 11.0. The summed E-state index contributed by atoms with van der Waals surface area (Å²) in [6.07, 6.45) is 1.13. The minimum atomic E-state index is -3.19. The van der Waals surface area contributed by atoms with Gasteiger partial charge < -0.3 is 9.47 Å². The summed E-state index contributed by atoms with van der Waals surface area (Å²) in [6, 6.07) is 14.6. The highest BCUT2D eigenvalue weighted by Crippen LogP contribution is 2.30. The Kier molecular flexibility index (Phi) is 4.82. The summed E-state index contributed by atoms with van der Waals surface area (Å²) < 4.78 is 35.5. The average Bonchev–Trinajstić information content (AvgIpc) is 2.46. The zero-order valence-electron chi connectivity index (χ0n) is 11.9. The van der Waals surface area contributed by atoms with E-state index in [2.05, 4.69) is 4.72 Å². The fraction of sp³-hybridized carbons (Fsp3) is 0.200. The summed E-state index contributed by atoms with van der Waals surface area (Å²) in [5, 5.41) is 0. The van der Waals surface area contributed by atoms with Gasteiger partial charge in [-0.3, -0.25) is 0 Å². The van der Waals surface area contributed by atoms with E-state index >= 15 is 0 Å². The summed E-state index contributed by atoms with van der Waals surface area (Å²) in [7, 11) is -1.60. The molecule has 0 radical (unpaired) electrons. The summed E-state index contributed by atoms with van der Waals surface area (Å²) in [4.78, 5) is 0. The number of hydrogen-bond acceptors (Lipinski definition) is 4. The van der Waals surface area contributed by atoms with Crippen molar-refractivity contribution in [3.05, 3.63) is 54.1 Å². The fourth-order valence-corrected chi connectivity index (χ4v) is 2.15. The maximum Gasteiger partial charge on any atom is 0.209 e. The van der Waals surface area contributed by atoms with Gasteiger partial charge in [0.15, 0.2) is 11.5 Å². The summed E-state index contributed by atoms with van der Waals surface area (Å²) in [6.45, 7) is 0.258. The maximum absolute atomic E-state index is 11.0. The lowest BCUT2D eigenvalue weighted by molar-refractivity contribution is 0.379. The lowest BCUT2D eigenvalue weighted by atomic mass is 10.2. The van der Waals surface area contributed by atoms with Crippen molar-refractivity contribution in [2.75, 3.05) is 13.4 Å². The highest BCUT2D eigenvalue weighted by molar-refractivity contribution is 7.88. The number of sulfonamides is 1. The molecule has 0 saturated carbocycles. The zero-order chi connectivity index (χ0) is 15.3. The minimum absolute atomic E-state index is 0.258. The van der Waals surface area contributed by atoms with Crippen LogP contribution in [0.3, 0.4) is 0 Å². The van der Waals surface area contributed by atoms with Crippen LogP contribution in [0.15, 0.2) is 48.5 Å². The Morgan fingerprint density at radius 2 is 1.62 bits per heavy atom. The van der Waals surface area contributed by atoms with Gasteiger partial charge in [-0.1, -0.05) is 24.3 Å². The molecule has 0 aliphatic rings. The summed E-state index contributed by atoms with van der Waals surface area (Å²) in [5.74, 6) is 1.94. The quantitative estimate of drug-likeness (QED) is 0.890. The third-order valence-corrected chi connectivity index (χ3v) is 3.43. The van der Waals surface area contributed by atoms with Gasteiger partial charge in [0.1, 0.15) is 5.75 Å². The Balaban J connectivity index is 2.05. The standard InChI is InChI=1S/C15H17NO4S/c1-19-14-5-3-4-6-15(14)20-13-9-7-12(8-10-13)11-16-21(2,17)18/h3-10,16H,11H2,1-2H3. The number of para-hydroxylation sites is 2. The highest BCUT2D eigenvalue weighted by Gasteiger charge is 2.05. The Morgan fingerprint density at radius 3 is 2.19 bits per heavy atom. The number of nitrogens with one attached hydrogen (secondary N) is 1. The molecule has 112 valence electrons. The van der Waals surface area contributed by atoms with Crippen molar-refractivity contribution in [2.24, 2.45) is 0 Å². The lowest BCUT2D eigenvalue weighted by Crippen LogP contribution is -2.21. The topological polar surface area (TPSA) is 64.6 Å². The molecule has 1 N–H and O–H groups in total. The first-order valence-electron chi connectivity index (χ1n) is 6.32. The van der Waals surface area contributed by atoms with Gasteiger partial charge in [-0.05, 0) is 29.8 Å². The Bertz CT molecular complexity index is 696. The van der Waals surface area contributed by atoms with Gasteiger partial charge in [-0.25, -0.2) is 13.1 Å². The van der Waals surface area contributed by atoms with Crippen LogP contribution in [0, 0.1) is 0 Å². The van der Waals surface area contributed by atoms with E-state index in [9.17, 15) is 8.42 Å². The largest absolute Gasteiger partial charge is 0.493 e. The summed E-state index contributed by atoms with van der Waals surface area (Å²) in [5.41, 5.74) is 0.854. The van der Waals surface area contributed by atoms with E-state index in [4.69, 9.17) is 9.47 Å². The molecular formula is C15H17NO4S. The molecule has 0 aliphatic carbocycles. The first-order chi connectivity index (χ1) is 9.98. The van der Waals surface area contributed by atoms with E-state index in [-0.39, 0.29) is 6.54 Å². The Morgan fingerprint density at radius 1 is 1.00 bits per heavy atom. The highest BCUT2D eigenvalue weighted by atomic mass is 32.2. The predicted octanol–water partition coefficient (Wildman–Crippen LogP) is 2.54. The van der Waals surface area contributed by atoms with Crippen molar-refractivity contribution < 1.29 is 17.9 Å². The summed E-state index contributed by atoms with van der Waals surface area (Å²) >= 11 is 0. The van der Waals surface area contributed by atoms with Crippen LogP contribution in [-0.2, 0) is 16.6 Å². The first-order valence-corrected chi connectivity index (χ1v) is 8.21. The molecule has 0 bridgehead atoms. The van der Waals surface area contributed by atoms with E-state index < -0.39 is 10.0 Å². The van der Waals surface area contributed by atoms with Crippen LogP contribution in [0.25, 0.3) is 0 Å². The molecule has 0 atom stereocenters. The minimum Gasteiger partial charge on any atom is -0.493 e. The number of hydrogen-bond donors (Lipinski definition) is 1. The molecule has 0 aliphatic heterocycles. The number of rotatable bonds is 6. The van der Waals surface area contributed by atoms with Crippen molar-refractivity contribution >= 4 is 10.0 Å². The van der Waals surface area contributed by atoms with Gasteiger partial charge in [0, 0.05) is 6.54 Å². The second-order valence-electron chi connectivity index (χ2n) is 4.49. The molecule has 0 unspecified atom stereocenters. The second kappa shape index (κ2) is 6.60. The van der Waals surface area contributed by atoms with Crippen LogP contribution in [0.5, 0.6) is 17.2 Å². The number of ether oxygens (including phenoxy) is 2. The van der Waals surface area contributed by atoms with Crippen LogP contribution < -0.4 is 14.2 Å². The van der Waals surface area contributed by atoms with Crippen molar-refractivity contribution in [1.82, 2.24) is 4.72 Å². The smallest absolute Gasteiger partial charge is 0.209 e. The SMILES string of the molecule is COc1ccccc1Oc1ccc(CNS(C)(=O)=O)cc1. The van der Waals surface area contributed by atoms with Crippen LogP contribution >= 0.6 is 0 Å². The van der Waals surface area contributed by atoms with E-state index in [1.165, 1.54) is 0 Å². The van der Waals surface area contributed by atoms with Crippen LogP contribution in [-0.4, -0.2) is 21.8 Å². The molecular weight excluding hydrogens is 290 g/mol. The van der Waals surface area contributed by atoms with Crippen molar-refractivity contribution in [3.63, 3.8) is 0 Å². The number of benzene rings is 2. The molecule has 0 aromatic heterocycles. The van der Waals surface area contributed by atoms with E-state index in [0.29, 0.717) is 17.2 Å². The molecule has 0 heterocycles. The monoisotopic (exact) mass is 307 g/mol. The van der Waals surface area contributed by atoms with Crippen LogP contribution in [0.4, 0.5) is 0 Å².